The van der Waals surface area contributed by atoms with Crippen molar-refractivity contribution in [1.82, 2.24) is 9.97 Å². The van der Waals surface area contributed by atoms with Crippen LogP contribution in [0.1, 0.15) is 13.8 Å². The number of amides is 2. The van der Waals surface area contributed by atoms with Gasteiger partial charge in [0.15, 0.2) is 0 Å². The summed E-state index contributed by atoms with van der Waals surface area (Å²) >= 11 is 2.95. The molecule has 2 aromatic heterocycles. The molecule has 0 aliphatic rings. The van der Waals surface area contributed by atoms with E-state index in [-0.39, 0.29) is 17.1 Å². The maximum atomic E-state index is 12.4. The fourth-order valence-electron chi connectivity index (χ4n) is 2.17. The van der Waals surface area contributed by atoms with Gasteiger partial charge in [0, 0.05) is 23.7 Å². The van der Waals surface area contributed by atoms with Crippen molar-refractivity contribution in [1.29, 1.82) is 0 Å². The highest BCUT2D eigenvalue weighted by Crippen LogP contribution is 2.30. The number of anilines is 2. The van der Waals surface area contributed by atoms with Gasteiger partial charge in [0.2, 0.25) is 11.8 Å². The van der Waals surface area contributed by atoms with Crippen molar-refractivity contribution in [3.05, 3.63) is 42.0 Å². The first-order valence-electron chi connectivity index (χ1n) is 7.56. The molecule has 0 saturated carbocycles. The highest BCUT2D eigenvalue weighted by molar-refractivity contribution is 8.00. The normalized spacial score (nSPS) is 11.9. The Morgan fingerprint density at radius 2 is 1.76 bits per heavy atom. The lowest BCUT2D eigenvalue weighted by Crippen LogP contribution is -2.22. The fraction of sp³-hybridized carbons (Fsp3) is 0.176. The minimum Gasteiger partial charge on any atom is -0.326 e. The molecule has 3 rings (SSSR count). The van der Waals surface area contributed by atoms with Crippen LogP contribution in [0.4, 0.5) is 11.4 Å². The summed E-state index contributed by atoms with van der Waals surface area (Å²) in [6.45, 7) is 3.29. The average molecular weight is 372 g/mol. The minimum absolute atomic E-state index is 0.112. The van der Waals surface area contributed by atoms with Gasteiger partial charge in [-0.2, -0.15) is 0 Å². The van der Waals surface area contributed by atoms with E-state index in [1.165, 1.54) is 25.0 Å². The van der Waals surface area contributed by atoms with Crippen LogP contribution in [0.25, 0.3) is 10.2 Å². The number of benzene rings is 1. The Balaban J connectivity index is 1.64. The van der Waals surface area contributed by atoms with Crippen molar-refractivity contribution in [3.8, 4) is 0 Å². The summed E-state index contributed by atoms with van der Waals surface area (Å²) in [6.07, 6.45) is 1.52. The van der Waals surface area contributed by atoms with E-state index in [1.807, 2.05) is 18.4 Å². The van der Waals surface area contributed by atoms with Crippen molar-refractivity contribution in [2.75, 3.05) is 10.6 Å². The molecule has 0 bridgehead atoms. The van der Waals surface area contributed by atoms with Gasteiger partial charge < -0.3 is 10.6 Å². The summed E-state index contributed by atoms with van der Waals surface area (Å²) in [5, 5.41) is 8.98. The van der Waals surface area contributed by atoms with Crippen molar-refractivity contribution in [2.45, 2.75) is 24.1 Å². The molecule has 6 nitrogen and oxygen atoms in total. The van der Waals surface area contributed by atoms with Crippen LogP contribution in [0.2, 0.25) is 0 Å². The van der Waals surface area contributed by atoms with Gasteiger partial charge in [-0.25, -0.2) is 9.97 Å². The Bertz CT molecular complexity index is 908. The summed E-state index contributed by atoms with van der Waals surface area (Å²) in [4.78, 5) is 32.8. The molecule has 2 N–H and O–H groups in total. The Morgan fingerprint density at radius 1 is 1.08 bits per heavy atom. The summed E-state index contributed by atoms with van der Waals surface area (Å²) < 4.78 is 0. The highest BCUT2D eigenvalue weighted by atomic mass is 32.2. The number of hydrogen-bond donors (Lipinski definition) is 2. The quantitative estimate of drug-likeness (QED) is 0.526. The summed E-state index contributed by atoms with van der Waals surface area (Å²) in [6, 6.07) is 8.96. The predicted octanol–water partition coefficient (Wildman–Crippen LogP) is 3.77. The van der Waals surface area contributed by atoms with E-state index in [1.54, 1.807) is 35.6 Å². The molecular weight excluding hydrogens is 356 g/mol. The molecule has 0 aliphatic heterocycles. The Labute approximate surface area is 153 Å². The molecule has 0 aliphatic carbocycles. The number of rotatable bonds is 5. The summed E-state index contributed by atoms with van der Waals surface area (Å²) in [7, 11) is 0. The molecule has 0 saturated heterocycles. The molecule has 1 aromatic carbocycles. The number of thiophene rings is 1. The Morgan fingerprint density at radius 3 is 2.44 bits per heavy atom. The van der Waals surface area contributed by atoms with Crippen LogP contribution in [0.5, 0.6) is 0 Å². The zero-order chi connectivity index (χ0) is 17.8. The van der Waals surface area contributed by atoms with E-state index in [4.69, 9.17) is 0 Å². The predicted molar refractivity (Wildman–Crippen MR) is 102 cm³/mol. The lowest BCUT2D eigenvalue weighted by molar-refractivity contribution is -0.115. The number of hydrogen-bond acceptors (Lipinski definition) is 6. The number of carbonyl (C=O) groups is 2. The van der Waals surface area contributed by atoms with Gasteiger partial charge >= 0.3 is 0 Å². The smallest absolute Gasteiger partial charge is 0.237 e. The first-order valence-corrected chi connectivity index (χ1v) is 9.32. The van der Waals surface area contributed by atoms with Gasteiger partial charge in [0.25, 0.3) is 0 Å². The minimum atomic E-state index is -0.312. The van der Waals surface area contributed by atoms with Gasteiger partial charge in [-0.1, -0.05) is 11.8 Å². The number of aromatic nitrogens is 2. The lowest BCUT2D eigenvalue weighted by atomic mass is 10.2. The third kappa shape index (κ3) is 4.34. The van der Waals surface area contributed by atoms with Crippen LogP contribution < -0.4 is 10.6 Å². The zero-order valence-corrected chi connectivity index (χ0v) is 15.3. The van der Waals surface area contributed by atoms with Crippen LogP contribution in [-0.2, 0) is 9.59 Å². The number of fused-ring (bicyclic) bond motifs is 1. The van der Waals surface area contributed by atoms with Crippen LogP contribution in [0.3, 0.4) is 0 Å². The highest BCUT2D eigenvalue weighted by Gasteiger charge is 2.17. The number of carbonyl (C=O) groups excluding carboxylic acids is 2. The second-order valence-electron chi connectivity index (χ2n) is 5.33. The zero-order valence-electron chi connectivity index (χ0n) is 13.6. The molecule has 25 heavy (non-hydrogen) atoms. The maximum absolute atomic E-state index is 12.4. The van der Waals surface area contributed by atoms with Gasteiger partial charge in [0.1, 0.15) is 16.2 Å². The van der Waals surface area contributed by atoms with E-state index in [0.717, 1.165) is 15.2 Å². The first kappa shape index (κ1) is 17.4. The van der Waals surface area contributed by atoms with E-state index in [2.05, 4.69) is 20.6 Å². The molecule has 1 atom stereocenters. The van der Waals surface area contributed by atoms with Gasteiger partial charge in [-0.15, -0.1) is 11.3 Å². The SMILES string of the molecule is CC(=O)Nc1ccc(NC(=O)[C@H](C)Sc2ncnc3sccc23)cc1. The lowest BCUT2D eigenvalue weighted by Gasteiger charge is -2.12. The van der Waals surface area contributed by atoms with E-state index >= 15 is 0 Å². The summed E-state index contributed by atoms with van der Waals surface area (Å²) in [5.41, 5.74) is 1.36. The van der Waals surface area contributed by atoms with Crippen molar-refractivity contribution >= 4 is 56.5 Å². The molecular formula is C17H16N4O2S2. The van der Waals surface area contributed by atoms with Gasteiger partial charge in [-0.3, -0.25) is 9.59 Å². The second kappa shape index (κ2) is 7.62. The van der Waals surface area contributed by atoms with Crippen molar-refractivity contribution in [2.24, 2.45) is 0 Å². The molecule has 0 spiro atoms. The second-order valence-corrected chi connectivity index (χ2v) is 7.55. The molecule has 2 amide bonds. The topological polar surface area (TPSA) is 84.0 Å². The number of nitrogens with one attached hydrogen (secondary N) is 2. The van der Waals surface area contributed by atoms with E-state index in [9.17, 15) is 9.59 Å². The maximum Gasteiger partial charge on any atom is 0.237 e. The molecule has 0 unspecified atom stereocenters. The molecule has 3 aromatic rings. The monoisotopic (exact) mass is 372 g/mol. The van der Waals surface area contributed by atoms with Crippen LogP contribution >= 0.6 is 23.1 Å². The average Bonchev–Trinajstić information content (AvgIpc) is 3.06. The number of nitrogens with zero attached hydrogens (tertiary/aromatic N) is 2. The molecule has 2 heterocycles. The van der Waals surface area contributed by atoms with E-state index in [0.29, 0.717) is 11.4 Å². The molecule has 0 radical (unpaired) electrons. The van der Waals surface area contributed by atoms with Gasteiger partial charge in [-0.05, 0) is 42.6 Å². The van der Waals surface area contributed by atoms with E-state index < -0.39 is 0 Å². The first-order chi connectivity index (χ1) is 12.0. The molecule has 8 heteroatoms. The van der Waals surface area contributed by atoms with Gasteiger partial charge in [0.05, 0.1) is 5.25 Å². The summed E-state index contributed by atoms with van der Waals surface area (Å²) in [5.74, 6) is -0.245. The largest absolute Gasteiger partial charge is 0.326 e. The van der Waals surface area contributed by atoms with Crippen molar-refractivity contribution in [3.63, 3.8) is 0 Å². The third-order valence-corrected chi connectivity index (χ3v) is 5.29. The third-order valence-electron chi connectivity index (χ3n) is 3.36. The van der Waals surface area contributed by atoms with Crippen LogP contribution in [0, 0.1) is 0 Å². The molecule has 128 valence electrons. The Kier molecular flexibility index (Phi) is 5.30. The Hall–Kier alpha value is -2.45. The molecule has 0 fully saturated rings. The van der Waals surface area contributed by atoms with Crippen LogP contribution in [0.15, 0.2) is 47.1 Å². The van der Waals surface area contributed by atoms with Crippen LogP contribution in [-0.4, -0.2) is 27.0 Å². The number of thioether (sulfide) groups is 1. The fourth-order valence-corrected chi connectivity index (χ4v) is 3.86. The standard InChI is InChI=1S/C17H16N4O2S2/c1-10(25-17-14-7-8-24-16(14)18-9-19-17)15(23)21-13-5-3-12(4-6-13)20-11(2)22/h3-10H,1-2H3,(H,20,22)(H,21,23)/t10-/m0/s1. The van der Waals surface area contributed by atoms with Crippen molar-refractivity contribution < 1.29 is 9.59 Å².